The third-order valence-electron chi connectivity index (χ3n) is 8.58. The molecule has 41 heavy (non-hydrogen) atoms. The van der Waals surface area contributed by atoms with Crippen LogP contribution in [0.15, 0.2) is 76.2 Å². The summed E-state index contributed by atoms with van der Waals surface area (Å²) < 4.78 is 75.1. The van der Waals surface area contributed by atoms with Crippen molar-refractivity contribution in [1.29, 1.82) is 0 Å². The number of halogens is 3. The third-order valence-corrected chi connectivity index (χ3v) is 9.82. The van der Waals surface area contributed by atoms with Gasteiger partial charge in [0.2, 0.25) is 0 Å². The number of carbonyl (C=O) groups is 1. The molecule has 1 N–H and O–H groups in total. The first-order chi connectivity index (χ1) is 19.5. The summed E-state index contributed by atoms with van der Waals surface area (Å²) >= 11 is 0. The van der Waals surface area contributed by atoms with Gasteiger partial charge in [-0.1, -0.05) is 18.2 Å². The van der Waals surface area contributed by atoms with Gasteiger partial charge in [0, 0.05) is 12.1 Å². The summed E-state index contributed by atoms with van der Waals surface area (Å²) in [7, 11) is -4.49. The van der Waals surface area contributed by atoms with E-state index in [4.69, 9.17) is 8.60 Å². The molecular formula is C30H31F3N2O5S. The highest BCUT2D eigenvalue weighted by molar-refractivity contribution is 7.87. The number of urea groups is 1. The zero-order chi connectivity index (χ0) is 28.8. The summed E-state index contributed by atoms with van der Waals surface area (Å²) in [6.45, 7) is 0.493. The number of hydrogen-bond donors (Lipinski definition) is 1. The second-order valence-corrected chi connectivity index (χ2v) is 13.3. The number of nitrogens with zero attached hydrogens (tertiary/aromatic N) is 1. The molecule has 2 aromatic carbocycles. The molecule has 4 bridgehead atoms. The first-order valence-corrected chi connectivity index (χ1v) is 15.2. The van der Waals surface area contributed by atoms with Crippen LogP contribution in [0.4, 0.5) is 18.0 Å². The van der Waals surface area contributed by atoms with E-state index in [1.54, 1.807) is 35.4 Å². The van der Waals surface area contributed by atoms with Gasteiger partial charge in [0.25, 0.3) is 0 Å². The molecule has 0 atom stereocenters. The van der Waals surface area contributed by atoms with Gasteiger partial charge in [-0.25, -0.2) is 4.79 Å². The molecule has 0 spiro atoms. The van der Waals surface area contributed by atoms with Crippen LogP contribution in [0.2, 0.25) is 0 Å². The Kier molecular flexibility index (Phi) is 7.04. The van der Waals surface area contributed by atoms with Crippen LogP contribution >= 0.6 is 0 Å². The molecule has 0 unspecified atom stereocenters. The topological polar surface area (TPSA) is 88.9 Å². The second-order valence-electron chi connectivity index (χ2n) is 11.8. The molecule has 4 aliphatic carbocycles. The number of nitrogens with one attached hydrogen (secondary N) is 1. The fraction of sp³-hybridized carbons (Fsp3) is 0.433. The van der Waals surface area contributed by atoms with E-state index in [2.05, 4.69) is 5.32 Å². The molecule has 0 radical (unpaired) electrons. The Bertz CT molecular complexity index is 1470. The van der Waals surface area contributed by atoms with Gasteiger partial charge in [0.1, 0.15) is 16.4 Å². The lowest BCUT2D eigenvalue weighted by atomic mass is 9.53. The predicted molar refractivity (Wildman–Crippen MR) is 143 cm³/mol. The van der Waals surface area contributed by atoms with Crippen LogP contribution < -0.4 is 9.50 Å². The van der Waals surface area contributed by atoms with Crippen molar-refractivity contribution in [2.24, 2.45) is 17.8 Å². The lowest BCUT2D eigenvalue weighted by Crippen LogP contribution is -2.61. The molecule has 1 aromatic heterocycles. The zero-order valence-electron chi connectivity index (χ0n) is 22.3. The molecular weight excluding hydrogens is 557 g/mol. The number of alkyl halides is 3. The Morgan fingerprint density at radius 2 is 1.61 bits per heavy atom. The van der Waals surface area contributed by atoms with Crippen LogP contribution in [0, 0.1) is 17.8 Å². The van der Waals surface area contributed by atoms with Crippen molar-refractivity contribution in [3.05, 3.63) is 83.8 Å². The van der Waals surface area contributed by atoms with Crippen LogP contribution in [0.25, 0.3) is 0 Å². The molecule has 0 saturated heterocycles. The molecule has 1 heterocycles. The fourth-order valence-corrected chi connectivity index (χ4v) is 8.21. The molecule has 4 saturated carbocycles. The van der Waals surface area contributed by atoms with Crippen molar-refractivity contribution in [3.8, 4) is 5.75 Å². The number of carbonyl (C=O) groups excluding carboxylic acids is 1. The van der Waals surface area contributed by atoms with Crippen molar-refractivity contribution in [1.82, 2.24) is 10.2 Å². The van der Waals surface area contributed by atoms with Crippen LogP contribution in [-0.4, -0.2) is 24.9 Å². The smallest absolute Gasteiger partial charge is 0.416 e. The molecule has 4 fully saturated rings. The summed E-state index contributed by atoms with van der Waals surface area (Å²) in [5.74, 6) is 2.62. The largest absolute Gasteiger partial charge is 0.467 e. The predicted octanol–water partition coefficient (Wildman–Crippen LogP) is 6.75. The summed E-state index contributed by atoms with van der Waals surface area (Å²) in [6.07, 6.45) is 3.73. The Morgan fingerprint density at radius 3 is 2.20 bits per heavy atom. The van der Waals surface area contributed by atoms with E-state index in [1.165, 1.54) is 31.4 Å². The minimum Gasteiger partial charge on any atom is -0.467 e. The average molecular weight is 589 g/mol. The monoisotopic (exact) mass is 588 g/mol. The molecule has 4 aliphatic rings. The van der Waals surface area contributed by atoms with Crippen LogP contribution in [0.1, 0.15) is 55.4 Å². The highest BCUT2D eigenvalue weighted by Gasteiger charge is 2.51. The maximum atomic E-state index is 13.7. The van der Waals surface area contributed by atoms with Crippen LogP contribution in [-0.2, 0) is 29.4 Å². The van der Waals surface area contributed by atoms with Gasteiger partial charge in [-0.05, 0) is 104 Å². The van der Waals surface area contributed by atoms with E-state index in [0.717, 1.165) is 43.0 Å². The van der Waals surface area contributed by atoms with E-state index in [1.807, 2.05) is 0 Å². The quantitative estimate of drug-likeness (QED) is 0.294. The van der Waals surface area contributed by atoms with Crippen molar-refractivity contribution in [2.45, 2.75) is 68.2 Å². The molecule has 3 aromatic rings. The van der Waals surface area contributed by atoms with Crippen molar-refractivity contribution < 1.29 is 35.0 Å². The molecule has 7 nitrogen and oxygen atoms in total. The van der Waals surface area contributed by atoms with Crippen molar-refractivity contribution >= 4 is 16.1 Å². The van der Waals surface area contributed by atoms with Gasteiger partial charge in [-0.15, -0.1) is 0 Å². The van der Waals surface area contributed by atoms with Gasteiger partial charge in [-0.3, -0.25) is 0 Å². The normalized spacial score (nSPS) is 25.2. The van der Waals surface area contributed by atoms with E-state index < -0.39 is 26.8 Å². The summed E-state index contributed by atoms with van der Waals surface area (Å²) in [6, 6.07) is 12.9. The molecule has 0 aliphatic heterocycles. The average Bonchev–Trinajstić information content (AvgIpc) is 3.41. The fourth-order valence-electron chi connectivity index (χ4n) is 7.23. The van der Waals surface area contributed by atoms with E-state index in [-0.39, 0.29) is 30.4 Å². The SMILES string of the molecule is O=C(NC12CC3CC(CC(C3)C1)C2)N(Cc1ccc(OS(=O)(=O)c2cccc(C(F)(F)F)c2)cc1)Cc1ccco1. The number of benzene rings is 2. The summed E-state index contributed by atoms with van der Waals surface area (Å²) in [5.41, 5.74) is -0.523. The number of furan rings is 1. The first-order valence-electron chi connectivity index (χ1n) is 13.8. The molecule has 11 heteroatoms. The summed E-state index contributed by atoms with van der Waals surface area (Å²) in [4.78, 5) is 14.7. The maximum Gasteiger partial charge on any atom is 0.416 e. The lowest BCUT2D eigenvalue weighted by Gasteiger charge is -2.57. The minimum atomic E-state index is -4.68. The van der Waals surface area contributed by atoms with Gasteiger partial charge in [0.15, 0.2) is 0 Å². The Labute approximate surface area is 236 Å². The van der Waals surface area contributed by atoms with Crippen molar-refractivity contribution in [2.75, 3.05) is 0 Å². The van der Waals surface area contributed by atoms with E-state index in [0.29, 0.717) is 29.6 Å². The highest BCUT2D eigenvalue weighted by Crippen LogP contribution is 2.55. The maximum absolute atomic E-state index is 13.7. The third kappa shape index (κ3) is 6.10. The van der Waals surface area contributed by atoms with Crippen LogP contribution in [0.3, 0.4) is 0 Å². The number of hydrogen-bond acceptors (Lipinski definition) is 5. The van der Waals surface area contributed by atoms with Crippen molar-refractivity contribution in [3.63, 3.8) is 0 Å². The molecule has 218 valence electrons. The molecule has 2 amide bonds. The number of rotatable bonds is 8. The Balaban J connectivity index is 1.16. The van der Waals surface area contributed by atoms with Crippen LogP contribution in [0.5, 0.6) is 5.75 Å². The minimum absolute atomic E-state index is 0.0539. The Hall–Kier alpha value is -3.47. The summed E-state index contributed by atoms with van der Waals surface area (Å²) in [5, 5.41) is 3.39. The zero-order valence-corrected chi connectivity index (χ0v) is 23.1. The molecule has 7 rings (SSSR count). The van der Waals surface area contributed by atoms with E-state index in [9.17, 15) is 26.4 Å². The standard InChI is InChI=1S/C30H31F3N2O5S/c31-30(32,33)24-3-1-5-27(14-24)41(37,38)40-25-8-6-20(7-9-25)18-35(19-26-4-2-10-39-26)28(36)34-29-15-21-11-22(16-29)13-23(12-21)17-29/h1-10,14,21-23H,11-13,15-19H2,(H,34,36). The van der Waals surface area contributed by atoms with E-state index >= 15 is 0 Å². The van der Waals surface area contributed by atoms with Gasteiger partial charge >= 0.3 is 22.3 Å². The second kappa shape index (κ2) is 10.4. The first kappa shape index (κ1) is 27.7. The van der Waals surface area contributed by atoms with Gasteiger partial charge in [0.05, 0.1) is 18.4 Å². The number of amides is 2. The van der Waals surface area contributed by atoms with Gasteiger partial charge < -0.3 is 18.8 Å². The lowest BCUT2D eigenvalue weighted by molar-refractivity contribution is -0.137. The van der Waals surface area contributed by atoms with Gasteiger partial charge in [-0.2, -0.15) is 21.6 Å². The Morgan fingerprint density at radius 1 is 0.951 bits per heavy atom. The highest BCUT2D eigenvalue weighted by atomic mass is 32.2.